The summed E-state index contributed by atoms with van der Waals surface area (Å²) in [6, 6.07) is 2.44. The van der Waals surface area contributed by atoms with Crippen LogP contribution in [0.15, 0.2) is 6.07 Å². The van der Waals surface area contributed by atoms with Crippen molar-refractivity contribution in [2.75, 3.05) is 13.1 Å². The predicted molar refractivity (Wildman–Crippen MR) is 79.4 cm³/mol. The summed E-state index contributed by atoms with van der Waals surface area (Å²) in [5.41, 5.74) is 0.557. The monoisotopic (exact) mass is 318 g/mol. The quantitative estimate of drug-likeness (QED) is 0.906. The Kier molecular flexibility index (Phi) is 4.03. The van der Waals surface area contributed by atoms with E-state index in [-0.39, 0.29) is 5.91 Å². The highest BCUT2D eigenvalue weighted by atomic mass is 35.5. The van der Waals surface area contributed by atoms with Gasteiger partial charge in [-0.2, -0.15) is 0 Å². The number of carbonyl (C=O) groups is 1. The van der Waals surface area contributed by atoms with Crippen molar-refractivity contribution in [1.29, 1.82) is 0 Å². The molecular formula is C13H16Cl2N2OS. The lowest BCUT2D eigenvalue weighted by Crippen LogP contribution is -2.46. The fourth-order valence-corrected chi connectivity index (χ4v) is 4.59. The van der Waals surface area contributed by atoms with Crippen LogP contribution in [0.2, 0.25) is 8.67 Å². The molecule has 2 aliphatic heterocycles. The van der Waals surface area contributed by atoms with Crippen molar-refractivity contribution < 1.29 is 4.79 Å². The Labute approximate surface area is 126 Å². The summed E-state index contributed by atoms with van der Waals surface area (Å²) in [4.78, 5) is 14.6. The molecule has 2 unspecified atom stereocenters. The van der Waals surface area contributed by atoms with Gasteiger partial charge in [-0.25, -0.2) is 0 Å². The number of hydrogen-bond acceptors (Lipinski definition) is 3. The molecule has 2 fully saturated rings. The van der Waals surface area contributed by atoms with E-state index in [0.717, 1.165) is 32.4 Å². The zero-order chi connectivity index (χ0) is 13.4. The summed E-state index contributed by atoms with van der Waals surface area (Å²) in [5, 5.41) is 3.50. The van der Waals surface area contributed by atoms with Gasteiger partial charge in [0.15, 0.2) is 0 Å². The number of nitrogens with zero attached hydrogens (tertiary/aromatic N) is 1. The third kappa shape index (κ3) is 2.64. The molecular weight excluding hydrogens is 303 g/mol. The smallest absolute Gasteiger partial charge is 0.256 e. The van der Waals surface area contributed by atoms with E-state index in [9.17, 15) is 4.79 Å². The minimum absolute atomic E-state index is 0.0318. The van der Waals surface area contributed by atoms with Crippen LogP contribution < -0.4 is 5.32 Å². The summed E-state index contributed by atoms with van der Waals surface area (Å²) in [7, 11) is 0. The summed E-state index contributed by atoms with van der Waals surface area (Å²) in [6.07, 6.45) is 4.52. The Morgan fingerprint density at radius 1 is 1.37 bits per heavy atom. The Bertz CT molecular complexity index is 485. The molecule has 3 nitrogen and oxygen atoms in total. The highest BCUT2D eigenvalue weighted by molar-refractivity contribution is 7.20. The van der Waals surface area contributed by atoms with E-state index in [0.29, 0.717) is 26.3 Å². The topological polar surface area (TPSA) is 32.3 Å². The number of hydrogen-bond donors (Lipinski definition) is 1. The SMILES string of the molecule is O=C(c1cc(Cl)sc1Cl)N1CCCC1C1CCCN1. The van der Waals surface area contributed by atoms with Gasteiger partial charge in [-0.15, -0.1) is 11.3 Å². The minimum Gasteiger partial charge on any atom is -0.334 e. The molecule has 0 radical (unpaired) electrons. The Balaban J connectivity index is 1.80. The Morgan fingerprint density at radius 2 is 2.21 bits per heavy atom. The summed E-state index contributed by atoms with van der Waals surface area (Å²) >= 11 is 13.3. The molecule has 1 aromatic heterocycles. The van der Waals surface area contributed by atoms with Crippen LogP contribution in [-0.4, -0.2) is 36.0 Å². The average Bonchev–Trinajstić information content (AvgIpc) is 3.06. The van der Waals surface area contributed by atoms with Gasteiger partial charge in [-0.3, -0.25) is 4.79 Å². The van der Waals surface area contributed by atoms with E-state index >= 15 is 0 Å². The summed E-state index contributed by atoms with van der Waals surface area (Å²) in [6.45, 7) is 1.89. The van der Waals surface area contributed by atoms with Crippen molar-refractivity contribution >= 4 is 40.4 Å². The number of halogens is 2. The molecule has 1 aromatic rings. The molecule has 0 aliphatic carbocycles. The first-order chi connectivity index (χ1) is 9.16. The van der Waals surface area contributed by atoms with Gasteiger partial charge in [0.25, 0.3) is 5.91 Å². The van der Waals surface area contributed by atoms with Crippen molar-refractivity contribution in [3.63, 3.8) is 0 Å². The second-order valence-corrected chi connectivity index (χ2v) is 7.43. The first-order valence-corrected chi connectivity index (χ1v) is 8.23. The third-order valence-corrected chi connectivity index (χ3v) is 5.50. The second kappa shape index (κ2) is 5.60. The highest BCUT2D eigenvalue weighted by Crippen LogP contribution is 2.34. The summed E-state index contributed by atoms with van der Waals surface area (Å²) < 4.78 is 1.07. The molecule has 6 heteroatoms. The standard InChI is InChI=1S/C13H16Cl2N2OS/c14-11-7-8(12(15)19-11)13(18)17-6-2-4-10(17)9-3-1-5-16-9/h7,9-10,16H,1-6H2. The van der Waals surface area contributed by atoms with Crippen LogP contribution in [0.25, 0.3) is 0 Å². The maximum absolute atomic E-state index is 12.6. The molecule has 3 heterocycles. The number of thiophene rings is 1. The van der Waals surface area contributed by atoms with E-state index in [1.54, 1.807) is 6.07 Å². The van der Waals surface area contributed by atoms with Crippen LogP contribution in [0.4, 0.5) is 0 Å². The van der Waals surface area contributed by atoms with Crippen LogP contribution in [0, 0.1) is 0 Å². The molecule has 1 amide bonds. The Morgan fingerprint density at radius 3 is 2.84 bits per heavy atom. The van der Waals surface area contributed by atoms with Gasteiger partial charge in [0.2, 0.25) is 0 Å². The normalized spacial score (nSPS) is 27.2. The molecule has 2 saturated heterocycles. The number of rotatable bonds is 2. The molecule has 0 spiro atoms. The van der Waals surface area contributed by atoms with Gasteiger partial charge in [0.1, 0.15) is 4.34 Å². The number of likely N-dealkylation sites (tertiary alicyclic amines) is 1. The van der Waals surface area contributed by atoms with Crippen molar-refractivity contribution in [2.24, 2.45) is 0 Å². The van der Waals surface area contributed by atoms with E-state index < -0.39 is 0 Å². The molecule has 2 atom stereocenters. The molecule has 3 rings (SSSR count). The van der Waals surface area contributed by atoms with Gasteiger partial charge in [-0.1, -0.05) is 23.2 Å². The minimum atomic E-state index is 0.0318. The number of amides is 1. The van der Waals surface area contributed by atoms with E-state index in [1.165, 1.54) is 17.8 Å². The lowest BCUT2D eigenvalue weighted by Gasteiger charge is -2.29. The highest BCUT2D eigenvalue weighted by Gasteiger charge is 2.37. The van der Waals surface area contributed by atoms with Gasteiger partial charge >= 0.3 is 0 Å². The Hall–Kier alpha value is -0.290. The molecule has 1 N–H and O–H groups in total. The summed E-state index contributed by atoms with van der Waals surface area (Å²) in [5.74, 6) is 0.0318. The molecule has 19 heavy (non-hydrogen) atoms. The van der Waals surface area contributed by atoms with E-state index in [1.807, 2.05) is 4.90 Å². The van der Waals surface area contributed by atoms with Gasteiger partial charge < -0.3 is 10.2 Å². The van der Waals surface area contributed by atoms with Crippen LogP contribution in [0.3, 0.4) is 0 Å². The second-order valence-electron chi connectivity index (χ2n) is 5.15. The molecule has 0 aromatic carbocycles. The van der Waals surface area contributed by atoms with E-state index in [2.05, 4.69) is 5.32 Å². The lowest BCUT2D eigenvalue weighted by atomic mass is 10.0. The molecule has 104 valence electrons. The maximum atomic E-state index is 12.6. The molecule has 0 bridgehead atoms. The van der Waals surface area contributed by atoms with Crippen LogP contribution in [-0.2, 0) is 0 Å². The van der Waals surface area contributed by atoms with Gasteiger partial charge in [-0.05, 0) is 38.3 Å². The zero-order valence-corrected chi connectivity index (χ0v) is 12.8. The van der Waals surface area contributed by atoms with Crippen molar-refractivity contribution in [2.45, 2.75) is 37.8 Å². The van der Waals surface area contributed by atoms with Crippen LogP contribution >= 0.6 is 34.5 Å². The maximum Gasteiger partial charge on any atom is 0.256 e. The zero-order valence-electron chi connectivity index (χ0n) is 10.5. The van der Waals surface area contributed by atoms with Gasteiger partial charge in [0, 0.05) is 18.6 Å². The van der Waals surface area contributed by atoms with Crippen LogP contribution in [0.1, 0.15) is 36.0 Å². The van der Waals surface area contributed by atoms with Crippen molar-refractivity contribution in [3.05, 3.63) is 20.3 Å². The fourth-order valence-electron chi connectivity index (χ4n) is 3.14. The van der Waals surface area contributed by atoms with Crippen molar-refractivity contribution in [3.8, 4) is 0 Å². The lowest BCUT2D eigenvalue weighted by molar-refractivity contribution is 0.0712. The largest absolute Gasteiger partial charge is 0.334 e. The number of carbonyl (C=O) groups excluding carboxylic acids is 1. The van der Waals surface area contributed by atoms with Gasteiger partial charge in [0.05, 0.1) is 9.90 Å². The van der Waals surface area contributed by atoms with E-state index in [4.69, 9.17) is 23.2 Å². The first kappa shape index (κ1) is 13.7. The third-order valence-electron chi connectivity index (χ3n) is 4.01. The molecule has 2 aliphatic rings. The fraction of sp³-hybridized carbons (Fsp3) is 0.615. The van der Waals surface area contributed by atoms with Crippen molar-refractivity contribution in [1.82, 2.24) is 10.2 Å². The first-order valence-electron chi connectivity index (χ1n) is 6.66. The predicted octanol–water partition coefficient (Wildman–Crippen LogP) is 3.41. The average molecular weight is 319 g/mol. The number of nitrogens with one attached hydrogen (secondary N) is 1. The van der Waals surface area contributed by atoms with Crippen LogP contribution in [0.5, 0.6) is 0 Å². The molecule has 0 saturated carbocycles.